The standard InChI is InChI=1S/C25H24F2N2O3/c1-14(2)32-24(31)18-12-29(23(30)16-10-9-15(26)11-19(16)27)13-25(3,4)21-17-7-5-6-8-20(17)28-22(18)21/h5-12,14,28H,13H2,1-4H3. The number of amides is 1. The van der Waals surface area contributed by atoms with Crippen LogP contribution in [0.25, 0.3) is 16.5 Å². The van der Waals surface area contributed by atoms with Gasteiger partial charge in [0, 0.05) is 35.1 Å². The van der Waals surface area contributed by atoms with Gasteiger partial charge in [-0.15, -0.1) is 0 Å². The molecule has 0 aliphatic carbocycles. The number of carbonyl (C=O) groups excluding carboxylic acids is 2. The summed E-state index contributed by atoms with van der Waals surface area (Å²) in [5.41, 5.74) is 1.60. The highest BCUT2D eigenvalue weighted by Gasteiger charge is 2.38. The van der Waals surface area contributed by atoms with Crippen LogP contribution in [-0.2, 0) is 14.9 Å². The average Bonchev–Trinajstić information content (AvgIpc) is 3.04. The van der Waals surface area contributed by atoms with E-state index in [1.807, 2.05) is 38.1 Å². The molecular weight excluding hydrogens is 414 g/mol. The van der Waals surface area contributed by atoms with E-state index in [0.717, 1.165) is 28.6 Å². The first kappa shape index (κ1) is 21.7. The molecule has 1 aliphatic rings. The number of esters is 1. The quantitative estimate of drug-likeness (QED) is 0.574. The van der Waals surface area contributed by atoms with Gasteiger partial charge in [-0.3, -0.25) is 4.79 Å². The predicted molar refractivity (Wildman–Crippen MR) is 118 cm³/mol. The Morgan fingerprint density at radius 1 is 1.12 bits per heavy atom. The topological polar surface area (TPSA) is 62.4 Å². The van der Waals surface area contributed by atoms with Gasteiger partial charge in [-0.25, -0.2) is 13.6 Å². The molecule has 32 heavy (non-hydrogen) atoms. The first-order chi connectivity index (χ1) is 15.1. The normalized spacial score (nSPS) is 15.3. The molecule has 2 heterocycles. The Kier molecular flexibility index (Phi) is 5.36. The summed E-state index contributed by atoms with van der Waals surface area (Å²) in [6.07, 6.45) is 1.03. The Morgan fingerprint density at radius 2 is 1.84 bits per heavy atom. The third-order valence-corrected chi connectivity index (χ3v) is 5.49. The summed E-state index contributed by atoms with van der Waals surface area (Å²) < 4.78 is 33.2. The zero-order chi connectivity index (χ0) is 23.2. The van der Waals surface area contributed by atoms with Gasteiger partial charge in [-0.05, 0) is 37.6 Å². The number of benzene rings is 2. The molecule has 1 aliphatic heterocycles. The lowest BCUT2D eigenvalue weighted by molar-refractivity contribution is -0.140. The van der Waals surface area contributed by atoms with Gasteiger partial charge in [0.15, 0.2) is 0 Å². The van der Waals surface area contributed by atoms with E-state index < -0.39 is 28.9 Å². The number of aromatic amines is 1. The Bertz CT molecular complexity index is 1260. The van der Waals surface area contributed by atoms with E-state index in [2.05, 4.69) is 4.98 Å². The highest BCUT2D eigenvalue weighted by molar-refractivity contribution is 6.18. The van der Waals surface area contributed by atoms with Gasteiger partial charge in [-0.2, -0.15) is 0 Å². The molecule has 1 amide bonds. The van der Waals surface area contributed by atoms with Crippen LogP contribution in [0.15, 0.2) is 48.7 Å². The van der Waals surface area contributed by atoms with E-state index in [-0.39, 0.29) is 23.8 Å². The maximum atomic E-state index is 14.4. The summed E-state index contributed by atoms with van der Waals surface area (Å²) in [5, 5.41) is 0.929. The molecule has 4 rings (SSSR count). The minimum atomic E-state index is -0.958. The van der Waals surface area contributed by atoms with Crippen molar-refractivity contribution < 1.29 is 23.1 Å². The number of rotatable bonds is 3. The Labute approximate surface area is 184 Å². The van der Waals surface area contributed by atoms with Gasteiger partial charge in [0.2, 0.25) is 0 Å². The number of aromatic nitrogens is 1. The second-order valence-corrected chi connectivity index (χ2v) is 8.86. The van der Waals surface area contributed by atoms with Crippen LogP contribution in [0, 0.1) is 11.6 Å². The number of carbonyl (C=O) groups is 2. The highest BCUT2D eigenvalue weighted by atomic mass is 19.1. The molecule has 1 aromatic heterocycles. The summed E-state index contributed by atoms with van der Waals surface area (Å²) >= 11 is 0. The summed E-state index contributed by atoms with van der Waals surface area (Å²) in [6.45, 7) is 7.57. The van der Waals surface area contributed by atoms with E-state index >= 15 is 0 Å². The molecule has 3 aromatic rings. The first-order valence-corrected chi connectivity index (χ1v) is 10.4. The minimum absolute atomic E-state index is 0.173. The molecule has 0 spiro atoms. The van der Waals surface area contributed by atoms with Gasteiger partial charge >= 0.3 is 5.97 Å². The van der Waals surface area contributed by atoms with Crippen molar-refractivity contribution in [2.45, 2.75) is 39.2 Å². The number of ether oxygens (including phenoxy) is 1. The van der Waals surface area contributed by atoms with Crippen molar-refractivity contribution in [2.24, 2.45) is 0 Å². The van der Waals surface area contributed by atoms with Gasteiger partial charge in [0.1, 0.15) is 11.6 Å². The number of nitrogens with one attached hydrogen (secondary N) is 1. The van der Waals surface area contributed by atoms with Gasteiger partial charge in [0.25, 0.3) is 5.91 Å². The van der Waals surface area contributed by atoms with Crippen LogP contribution in [0.1, 0.15) is 49.3 Å². The summed E-state index contributed by atoms with van der Waals surface area (Å²) in [7, 11) is 0. The molecular formula is C25H24F2N2O3. The number of fused-ring (bicyclic) bond motifs is 3. The van der Waals surface area contributed by atoms with Crippen LogP contribution < -0.4 is 0 Å². The van der Waals surface area contributed by atoms with E-state index in [0.29, 0.717) is 11.8 Å². The largest absolute Gasteiger partial charge is 0.459 e. The van der Waals surface area contributed by atoms with Crippen molar-refractivity contribution in [3.63, 3.8) is 0 Å². The number of halogens is 2. The molecule has 0 saturated carbocycles. The zero-order valence-corrected chi connectivity index (χ0v) is 18.3. The number of hydrogen-bond donors (Lipinski definition) is 1. The molecule has 2 aromatic carbocycles. The molecule has 1 N–H and O–H groups in total. The van der Waals surface area contributed by atoms with Crippen LogP contribution in [0.2, 0.25) is 0 Å². The third-order valence-electron chi connectivity index (χ3n) is 5.49. The van der Waals surface area contributed by atoms with Gasteiger partial charge in [0.05, 0.1) is 22.9 Å². The van der Waals surface area contributed by atoms with Crippen molar-refractivity contribution in [3.8, 4) is 0 Å². The Hall–Kier alpha value is -3.48. The van der Waals surface area contributed by atoms with Crippen LogP contribution in [-0.4, -0.2) is 34.4 Å². The molecule has 0 radical (unpaired) electrons. The van der Waals surface area contributed by atoms with E-state index in [4.69, 9.17) is 4.74 Å². The molecule has 7 heteroatoms. The number of para-hydroxylation sites is 1. The molecule has 0 bridgehead atoms. The van der Waals surface area contributed by atoms with Crippen molar-refractivity contribution >= 4 is 28.4 Å². The lowest BCUT2D eigenvalue weighted by atomic mass is 9.81. The zero-order valence-electron chi connectivity index (χ0n) is 18.3. The highest BCUT2D eigenvalue weighted by Crippen LogP contribution is 2.40. The van der Waals surface area contributed by atoms with E-state index in [1.165, 1.54) is 11.1 Å². The van der Waals surface area contributed by atoms with Gasteiger partial charge < -0.3 is 14.6 Å². The monoisotopic (exact) mass is 438 g/mol. The van der Waals surface area contributed by atoms with Crippen LogP contribution in [0.5, 0.6) is 0 Å². The molecule has 166 valence electrons. The maximum absolute atomic E-state index is 14.4. The van der Waals surface area contributed by atoms with E-state index in [1.54, 1.807) is 13.8 Å². The summed E-state index contributed by atoms with van der Waals surface area (Å²) in [4.78, 5) is 30.9. The SMILES string of the molecule is CC(C)OC(=O)C1=CN(C(=O)c2ccc(F)cc2F)CC(C)(C)c2c1[nH]c1ccccc21. The predicted octanol–water partition coefficient (Wildman–Crippen LogP) is 5.17. The van der Waals surface area contributed by atoms with Gasteiger partial charge in [-0.1, -0.05) is 32.0 Å². The second-order valence-electron chi connectivity index (χ2n) is 8.86. The van der Waals surface area contributed by atoms with Crippen LogP contribution in [0.4, 0.5) is 8.78 Å². The lowest BCUT2D eigenvalue weighted by Gasteiger charge is -2.29. The molecule has 0 unspecified atom stereocenters. The van der Waals surface area contributed by atoms with Crippen molar-refractivity contribution in [2.75, 3.05) is 6.54 Å². The Balaban J connectivity index is 1.90. The molecule has 0 fully saturated rings. The smallest absolute Gasteiger partial charge is 0.342 e. The van der Waals surface area contributed by atoms with Crippen LogP contribution >= 0.6 is 0 Å². The van der Waals surface area contributed by atoms with Crippen molar-refractivity contribution in [1.29, 1.82) is 0 Å². The van der Waals surface area contributed by atoms with E-state index in [9.17, 15) is 18.4 Å². The molecule has 0 atom stereocenters. The maximum Gasteiger partial charge on any atom is 0.342 e. The fourth-order valence-corrected chi connectivity index (χ4v) is 4.20. The summed E-state index contributed by atoms with van der Waals surface area (Å²) in [6, 6.07) is 10.5. The molecule has 0 saturated heterocycles. The number of H-pyrrole nitrogens is 1. The fourth-order valence-electron chi connectivity index (χ4n) is 4.20. The summed E-state index contributed by atoms with van der Waals surface area (Å²) in [5.74, 6) is -2.99. The minimum Gasteiger partial charge on any atom is -0.459 e. The Morgan fingerprint density at radius 3 is 2.53 bits per heavy atom. The molecule has 5 nitrogen and oxygen atoms in total. The van der Waals surface area contributed by atoms with Crippen LogP contribution in [0.3, 0.4) is 0 Å². The average molecular weight is 438 g/mol. The third kappa shape index (κ3) is 3.79. The number of nitrogens with zero attached hydrogens (tertiary/aromatic N) is 1. The first-order valence-electron chi connectivity index (χ1n) is 10.4. The van der Waals surface area contributed by atoms with Crippen molar-refractivity contribution in [3.05, 3.63) is 77.1 Å². The number of hydrogen-bond acceptors (Lipinski definition) is 3. The fraction of sp³-hybridized carbons (Fsp3) is 0.280. The second kappa shape index (κ2) is 7.89. The lowest BCUT2D eigenvalue weighted by Crippen LogP contribution is -2.37. The van der Waals surface area contributed by atoms with Crippen molar-refractivity contribution in [1.82, 2.24) is 9.88 Å².